The Labute approximate surface area is 106 Å². The molecule has 0 fully saturated rings. The van der Waals surface area contributed by atoms with Crippen LogP contribution < -0.4 is 0 Å². The van der Waals surface area contributed by atoms with Crippen LogP contribution >= 0.6 is 15.9 Å². The number of furan rings is 1. The van der Waals surface area contributed by atoms with E-state index < -0.39 is 5.97 Å². The first-order valence-corrected chi connectivity index (χ1v) is 5.90. The molecule has 6 heteroatoms. The minimum atomic E-state index is -1.06. The standard InChI is InChI=1S/C11H11BrN2O3/c1-3-14-10(7-5-4-6(2)17-7)8(12)9(13-14)11(15)16/h4-5H,3H2,1-2H3,(H,15,16). The molecule has 2 heterocycles. The Morgan fingerprint density at radius 2 is 2.29 bits per heavy atom. The van der Waals surface area contributed by atoms with Gasteiger partial charge in [-0.1, -0.05) is 0 Å². The van der Waals surface area contributed by atoms with Crippen molar-refractivity contribution in [3.05, 3.63) is 28.1 Å². The number of nitrogens with zero attached hydrogens (tertiary/aromatic N) is 2. The SMILES string of the molecule is CCn1nc(C(=O)O)c(Br)c1-c1ccc(C)o1. The summed E-state index contributed by atoms with van der Waals surface area (Å²) in [7, 11) is 0. The van der Waals surface area contributed by atoms with Gasteiger partial charge in [-0.15, -0.1) is 0 Å². The molecular formula is C11H11BrN2O3. The van der Waals surface area contributed by atoms with Gasteiger partial charge in [0, 0.05) is 6.54 Å². The predicted molar refractivity (Wildman–Crippen MR) is 65.0 cm³/mol. The third kappa shape index (κ3) is 2.00. The zero-order chi connectivity index (χ0) is 12.6. The van der Waals surface area contributed by atoms with Gasteiger partial charge in [-0.25, -0.2) is 4.79 Å². The molecule has 1 N–H and O–H groups in total. The van der Waals surface area contributed by atoms with E-state index in [4.69, 9.17) is 9.52 Å². The molecule has 90 valence electrons. The number of aromatic nitrogens is 2. The zero-order valence-electron chi connectivity index (χ0n) is 9.40. The van der Waals surface area contributed by atoms with E-state index in [0.29, 0.717) is 22.5 Å². The minimum absolute atomic E-state index is 0.00379. The molecule has 0 amide bonds. The third-order valence-corrected chi connectivity index (χ3v) is 3.12. The number of aromatic carboxylic acids is 1. The molecule has 0 unspecified atom stereocenters. The minimum Gasteiger partial charge on any atom is -0.476 e. The summed E-state index contributed by atoms with van der Waals surface area (Å²) >= 11 is 3.27. The van der Waals surface area contributed by atoms with Gasteiger partial charge in [-0.2, -0.15) is 5.10 Å². The molecule has 2 aromatic rings. The first-order valence-electron chi connectivity index (χ1n) is 5.11. The molecule has 0 atom stereocenters. The van der Waals surface area contributed by atoms with Gasteiger partial charge < -0.3 is 9.52 Å². The zero-order valence-corrected chi connectivity index (χ0v) is 11.0. The maximum atomic E-state index is 11.0. The second-order valence-corrected chi connectivity index (χ2v) is 4.34. The van der Waals surface area contributed by atoms with E-state index in [1.54, 1.807) is 10.7 Å². The predicted octanol–water partition coefficient (Wildman–Crippen LogP) is 2.93. The van der Waals surface area contributed by atoms with Crippen LogP contribution in [0.3, 0.4) is 0 Å². The maximum Gasteiger partial charge on any atom is 0.357 e. The topological polar surface area (TPSA) is 68.3 Å². The highest BCUT2D eigenvalue weighted by molar-refractivity contribution is 9.10. The fourth-order valence-electron chi connectivity index (χ4n) is 1.60. The van der Waals surface area contributed by atoms with Crippen molar-refractivity contribution < 1.29 is 14.3 Å². The lowest BCUT2D eigenvalue weighted by atomic mass is 10.3. The second kappa shape index (κ2) is 4.37. The summed E-state index contributed by atoms with van der Waals surface area (Å²) in [5.74, 6) is 0.317. The number of hydrogen-bond acceptors (Lipinski definition) is 3. The Hall–Kier alpha value is -1.56. The van der Waals surface area contributed by atoms with Crippen molar-refractivity contribution >= 4 is 21.9 Å². The van der Waals surface area contributed by atoms with Gasteiger partial charge in [-0.05, 0) is 41.9 Å². The van der Waals surface area contributed by atoms with Crippen molar-refractivity contribution in [2.24, 2.45) is 0 Å². The van der Waals surface area contributed by atoms with Crippen LogP contribution in [-0.4, -0.2) is 20.9 Å². The lowest BCUT2D eigenvalue weighted by Gasteiger charge is -2.01. The van der Waals surface area contributed by atoms with Gasteiger partial charge in [0.1, 0.15) is 11.5 Å². The fourth-order valence-corrected chi connectivity index (χ4v) is 2.25. The van der Waals surface area contributed by atoms with Crippen molar-refractivity contribution in [2.75, 3.05) is 0 Å². The molecule has 5 nitrogen and oxygen atoms in total. The van der Waals surface area contributed by atoms with Crippen LogP contribution in [0.5, 0.6) is 0 Å². The van der Waals surface area contributed by atoms with Crippen LogP contribution in [0.4, 0.5) is 0 Å². The van der Waals surface area contributed by atoms with Gasteiger partial charge in [0.05, 0.1) is 4.47 Å². The van der Waals surface area contributed by atoms with Crippen molar-refractivity contribution in [1.29, 1.82) is 0 Å². The molecular weight excluding hydrogens is 288 g/mol. The highest BCUT2D eigenvalue weighted by Gasteiger charge is 2.22. The monoisotopic (exact) mass is 298 g/mol. The van der Waals surface area contributed by atoms with E-state index in [2.05, 4.69) is 21.0 Å². The quantitative estimate of drug-likeness (QED) is 0.946. The van der Waals surface area contributed by atoms with E-state index in [1.807, 2.05) is 19.9 Å². The van der Waals surface area contributed by atoms with Crippen LogP contribution in [-0.2, 0) is 6.54 Å². The van der Waals surface area contributed by atoms with Crippen LogP contribution in [0.1, 0.15) is 23.2 Å². The van der Waals surface area contributed by atoms with Crippen LogP contribution in [0.25, 0.3) is 11.5 Å². The molecule has 0 aliphatic carbocycles. The van der Waals surface area contributed by atoms with Crippen LogP contribution in [0.2, 0.25) is 0 Å². The second-order valence-electron chi connectivity index (χ2n) is 3.54. The van der Waals surface area contributed by atoms with Crippen molar-refractivity contribution in [2.45, 2.75) is 20.4 Å². The number of carboxylic acids is 1. The number of rotatable bonds is 3. The van der Waals surface area contributed by atoms with Crippen molar-refractivity contribution in [3.8, 4) is 11.5 Å². The Bertz CT molecular complexity index is 571. The van der Waals surface area contributed by atoms with Crippen LogP contribution in [0.15, 0.2) is 21.0 Å². The van der Waals surface area contributed by atoms with Crippen molar-refractivity contribution in [1.82, 2.24) is 9.78 Å². The summed E-state index contributed by atoms with van der Waals surface area (Å²) in [6.07, 6.45) is 0. The summed E-state index contributed by atoms with van der Waals surface area (Å²) in [6, 6.07) is 3.63. The molecule has 0 saturated carbocycles. The van der Waals surface area contributed by atoms with Gasteiger partial charge >= 0.3 is 5.97 Å². The summed E-state index contributed by atoms with van der Waals surface area (Å²) < 4.78 is 7.55. The van der Waals surface area contributed by atoms with E-state index in [9.17, 15) is 4.79 Å². The molecule has 0 spiro atoms. The summed E-state index contributed by atoms with van der Waals surface area (Å²) in [5.41, 5.74) is 0.647. The Morgan fingerprint density at radius 3 is 2.76 bits per heavy atom. The number of hydrogen-bond donors (Lipinski definition) is 1. The number of carboxylic acid groups (broad SMARTS) is 1. The highest BCUT2D eigenvalue weighted by atomic mass is 79.9. The molecule has 2 rings (SSSR count). The van der Waals surface area contributed by atoms with E-state index >= 15 is 0 Å². The third-order valence-electron chi connectivity index (χ3n) is 2.37. The smallest absolute Gasteiger partial charge is 0.357 e. The van der Waals surface area contributed by atoms with E-state index in [0.717, 1.165) is 5.76 Å². The molecule has 2 aromatic heterocycles. The molecule has 0 aliphatic heterocycles. The average molecular weight is 299 g/mol. The lowest BCUT2D eigenvalue weighted by Crippen LogP contribution is -2.02. The molecule has 0 radical (unpaired) electrons. The van der Waals surface area contributed by atoms with Gasteiger partial charge in [0.2, 0.25) is 0 Å². The average Bonchev–Trinajstić information content (AvgIpc) is 2.81. The van der Waals surface area contributed by atoms with E-state index in [1.165, 1.54) is 0 Å². The Kier molecular flexibility index (Phi) is 3.06. The largest absolute Gasteiger partial charge is 0.476 e. The van der Waals surface area contributed by atoms with Crippen molar-refractivity contribution in [3.63, 3.8) is 0 Å². The summed E-state index contributed by atoms with van der Waals surface area (Å²) in [6.45, 7) is 4.30. The Balaban J connectivity index is 2.63. The molecule has 0 aliphatic rings. The number of aryl methyl sites for hydroxylation is 2. The number of halogens is 1. The van der Waals surface area contributed by atoms with Gasteiger partial charge in [0.15, 0.2) is 11.5 Å². The van der Waals surface area contributed by atoms with Gasteiger partial charge in [-0.3, -0.25) is 4.68 Å². The Morgan fingerprint density at radius 1 is 1.59 bits per heavy atom. The molecule has 17 heavy (non-hydrogen) atoms. The molecule has 0 bridgehead atoms. The lowest BCUT2D eigenvalue weighted by molar-refractivity contribution is 0.0688. The first kappa shape index (κ1) is 11.9. The van der Waals surface area contributed by atoms with Crippen LogP contribution in [0, 0.1) is 6.92 Å². The van der Waals surface area contributed by atoms with Gasteiger partial charge in [0.25, 0.3) is 0 Å². The molecule has 0 saturated heterocycles. The highest BCUT2D eigenvalue weighted by Crippen LogP contribution is 2.32. The fraction of sp³-hybridized carbons (Fsp3) is 0.273. The summed E-state index contributed by atoms with van der Waals surface area (Å²) in [4.78, 5) is 11.0. The van der Waals surface area contributed by atoms with E-state index in [-0.39, 0.29) is 5.69 Å². The first-order chi connectivity index (χ1) is 8.04. The maximum absolute atomic E-state index is 11.0. The summed E-state index contributed by atoms with van der Waals surface area (Å²) in [5, 5.41) is 13.0. The number of carbonyl (C=O) groups is 1. The molecule has 0 aromatic carbocycles. The normalized spacial score (nSPS) is 10.8.